The third kappa shape index (κ3) is 5.07. The summed E-state index contributed by atoms with van der Waals surface area (Å²) in [6.45, 7) is 2.10. The summed E-state index contributed by atoms with van der Waals surface area (Å²) in [6.07, 6.45) is 5.05. The maximum absolute atomic E-state index is 11.8. The van der Waals surface area contributed by atoms with Crippen LogP contribution in [0.25, 0.3) is 11.1 Å². The molecule has 118 valence electrons. The Morgan fingerprint density at radius 2 is 1.78 bits per heavy atom. The standard InChI is InChI=1S/C21H23NO/c1-2-3-11-20(23)12-7-10-19-15-17(16-22)13-14-21(19)18-8-5-4-6-9-18/h4-6,8-9,13-15H,2-3,7,10-12H2,1H3. The fourth-order valence-electron chi connectivity index (χ4n) is 2.74. The van der Waals surface area contributed by atoms with Crippen LogP contribution < -0.4 is 0 Å². The van der Waals surface area contributed by atoms with Gasteiger partial charge in [0, 0.05) is 12.8 Å². The first-order valence-corrected chi connectivity index (χ1v) is 8.34. The first-order chi connectivity index (χ1) is 11.2. The smallest absolute Gasteiger partial charge is 0.132 e. The molecular weight excluding hydrogens is 282 g/mol. The van der Waals surface area contributed by atoms with Crippen LogP contribution in [-0.2, 0) is 11.2 Å². The van der Waals surface area contributed by atoms with Crippen LogP contribution in [0.1, 0.15) is 50.2 Å². The van der Waals surface area contributed by atoms with Crippen molar-refractivity contribution in [1.82, 2.24) is 0 Å². The lowest BCUT2D eigenvalue weighted by atomic mass is 9.94. The Bertz CT molecular complexity index is 683. The molecule has 0 amide bonds. The van der Waals surface area contributed by atoms with Crippen LogP contribution in [0, 0.1) is 11.3 Å². The van der Waals surface area contributed by atoms with Crippen LogP contribution in [0.4, 0.5) is 0 Å². The van der Waals surface area contributed by atoms with Gasteiger partial charge in [-0.1, -0.05) is 49.7 Å². The molecule has 2 aromatic carbocycles. The SMILES string of the molecule is CCCCC(=O)CCCc1cc(C#N)ccc1-c1ccccc1. The Balaban J connectivity index is 2.10. The van der Waals surface area contributed by atoms with E-state index in [0.29, 0.717) is 24.2 Å². The van der Waals surface area contributed by atoms with E-state index in [1.54, 1.807) is 0 Å². The molecule has 0 aliphatic carbocycles. The van der Waals surface area contributed by atoms with Gasteiger partial charge in [0.2, 0.25) is 0 Å². The summed E-state index contributed by atoms with van der Waals surface area (Å²) in [5, 5.41) is 9.13. The molecule has 0 fully saturated rings. The van der Waals surface area contributed by atoms with Gasteiger partial charge in [-0.05, 0) is 48.1 Å². The number of rotatable bonds is 8. The molecule has 0 aliphatic rings. The molecule has 0 bridgehead atoms. The van der Waals surface area contributed by atoms with Gasteiger partial charge in [0.1, 0.15) is 5.78 Å². The van der Waals surface area contributed by atoms with Crippen molar-refractivity contribution in [3.63, 3.8) is 0 Å². The van der Waals surface area contributed by atoms with Crippen molar-refractivity contribution in [3.8, 4) is 17.2 Å². The fourth-order valence-corrected chi connectivity index (χ4v) is 2.74. The zero-order valence-electron chi connectivity index (χ0n) is 13.7. The molecule has 2 rings (SSSR count). The van der Waals surface area contributed by atoms with Gasteiger partial charge >= 0.3 is 0 Å². The van der Waals surface area contributed by atoms with Crippen molar-refractivity contribution in [3.05, 3.63) is 59.7 Å². The summed E-state index contributed by atoms with van der Waals surface area (Å²) in [7, 11) is 0. The molecule has 0 heterocycles. The van der Waals surface area contributed by atoms with Gasteiger partial charge in [-0.15, -0.1) is 0 Å². The highest BCUT2D eigenvalue weighted by atomic mass is 16.1. The van der Waals surface area contributed by atoms with Gasteiger partial charge in [-0.3, -0.25) is 4.79 Å². The van der Waals surface area contributed by atoms with E-state index in [1.165, 1.54) is 0 Å². The summed E-state index contributed by atoms with van der Waals surface area (Å²) in [4.78, 5) is 11.8. The lowest BCUT2D eigenvalue weighted by Gasteiger charge is -2.10. The van der Waals surface area contributed by atoms with Crippen LogP contribution in [0.15, 0.2) is 48.5 Å². The molecule has 0 aromatic heterocycles. The number of benzene rings is 2. The zero-order chi connectivity index (χ0) is 16.5. The van der Waals surface area contributed by atoms with Crippen molar-refractivity contribution < 1.29 is 4.79 Å². The number of nitriles is 1. The Hall–Kier alpha value is -2.40. The Morgan fingerprint density at radius 1 is 1.04 bits per heavy atom. The van der Waals surface area contributed by atoms with E-state index in [-0.39, 0.29) is 0 Å². The van der Waals surface area contributed by atoms with Crippen LogP contribution >= 0.6 is 0 Å². The van der Waals surface area contributed by atoms with Gasteiger partial charge in [0.15, 0.2) is 0 Å². The van der Waals surface area contributed by atoms with Crippen molar-refractivity contribution in [2.75, 3.05) is 0 Å². The maximum Gasteiger partial charge on any atom is 0.132 e. The first kappa shape index (κ1) is 17.0. The minimum Gasteiger partial charge on any atom is -0.300 e. The number of aryl methyl sites for hydroxylation is 1. The topological polar surface area (TPSA) is 40.9 Å². The quantitative estimate of drug-likeness (QED) is 0.663. The van der Waals surface area contributed by atoms with E-state index < -0.39 is 0 Å². The number of nitrogens with zero attached hydrogens (tertiary/aromatic N) is 1. The molecule has 0 unspecified atom stereocenters. The minimum absolute atomic E-state index is 0.351. The lowest BCUT2D eigenvalue weighted by Crippen LogP contribution is -1.99. The molecule has 2 nitrogen and oxygen atoms in total. The van der Waals surface area contributed by atoms with Crippen molar-refractivity contribution in [2.24, 2.45) is 0 Å². The maximum atomic E-state index is 11.8. The highest BCUT2D eigenvalue weighted by Crippen LogP contribution is 2.26. The zero-order valence-corrected chi connectivity index (χ0v) is 13.7. The Kier molecular flexibility index (Phi) is 6.56. The summed E-state index contributed by atoms with van der Waals surface area (Å²) >= 11 is 0. The van der Waals surface area contributed by atoms with Crippen LogP contribution in [0.2, 0.25) is 0 Å². The monoisotopic (exact) mass is 305 g/mol. The van der Waals surface area contributed by atoms with Crippen LogP contribution in [-0.4, -0.2) is 5.78 Å². The van der Waals surface area contributed by atoms with Crippen molar-refractivity contribution in [1.29, 1.82) is 5.26 Å². The Morgan fingerprint density at radius 3 is 2.48 bits per heavy atom. The van der Waals surface area contributed by atoms with Crippen molar-refractivity contribution >= 4 is 5.78 Å². The third-order valence-corrected chi connectivity index (χ3v) is 4.03. The van der Waals surface area contributed by atoms with E-state index in [1.807, 2.05) is 36.4 Å². The highest BCUT2D eigenvalue weighted by molar-refractivity contribution is 5.78. The van der Waals surface area contributed by atoms with E-state index in [2.05, 4.69) is 25.1 Å². The molecule has 0 spiro atoms. The molecule has 0 aliphatic heterocycles. The highest BCUT2D eigenvalue weighted by Gasteiger charge is 2.08. The van der Waals surface area contributed by atoms with Crippen LogP contribution in [0.5, 0.6) is 0 Å². The average molecular weight is 305 g/mol. The second kappa shape index (κ2) is 8.90. The number of unbranched alkanes of at least 4 members (excludes halogenated alkanes) is 1. The normalized spacial score (nSPS) is 10.3. The van der Waals surface area contributed by atoms with E-state index in [9.17, 15) is 4.79 Å². The predicted molar refractivity (Wildman–Crippen MR) is 94.1 cm³/mol. The van der Waals surface area contributed by atoms with E-state index in [4.69, 9.17) is 5.26 Å². The predicted octanol–water partition coefficient (Wildman–Crippen LogP) is 5.31. The Labute approximate surface area is 138 Å². The fraction of sp³-hybridized carbons (Fsp3) is 0.333. The molecule has 2 heteroatoms. The van der Waals surface area contributed by atoms with Gasteiger partial charge in [0.05, 0.1) is 11.6 Å². The van der Waals surface area contributed by atoms with Crippen LogP contribution in [0.3, 0.4) is 0 Å². The summed E-state index contributed by atoms with van der Waals surface area (Å²) < 4.78 is 0. The van der Waals surface area contributed by atoms with Gasteiger partial charge in [-0.2, -0.15) is 5.26 Å². The molecule has 0 atom stereocenters. The number of hydrogen-bond donors (Lipinski definition) is 0. The second-order valence-electron chi connectivity index (χ2n) is 5.85. The minimum atomic E-state index is 0.351. The molecular formula is C21H23NO. The van der Waals surface area contributed by atoms with Crippen molar-refractivity contribution in [2.45, 2.75) is 45.4 Å². The number of Topliss-reactive ketones (excluding diaryl/α,β-unsaturated/α-hetero) is 1. The summed E-state index contributed by atoms with van der Waals surface area (Å²) in [5.41, 5.74) is 4.14. The number of carbonyl (C=O) groups excluding carboxylic acids is 1. The molecule has 2 aromatic rings. The lowest BCUT2D eigenvalue weighted by molar-refractivity contribution is -0.119. The third-order valence-electron chi connectivity index (χ3n) is 4.03. The number of carbonyl (C=O) groups is 1. The summed E-state index contributed by atoms with van der Waals surface area (Å²) in [6, 6.07) is 18.2. The molecule has 0 saturated heterocycles. The van der Waals surface area contributed by atoms with Gasteiger partial charge in [0.25, 0.3) is 0 Å². The molecule has 0 radical (unpaired) electrons. The van der Waals surface area contributed by atoms with Gasteiger partial charge < -0.3 is 0 Å². The first-order valence-electron chi connectivity index (χ1n) is 8.34. The number of ketones is 1. The van der Waals surface area contributed by atoms with Gasteiger partial charge in [-0.25, -0.2) is 0 Å². The molecule has 0 N–H and O–H groups in total. The average Bonchev–Trinajstić information content (AvgIpc) is 2.60. The van der Waals surface area contributed by atoms with E-state index in [0.717, 1.165) is 42.4 Å². The van der Waals surface area contributed by atoms with E-state index >= 15 is 0 Å². The second-order valence-corrected chi connectivity index (χ2v) is 5.85. The summed E-state index contributed by atoms with van der Waals surface area (Å²) in [5.74, 6) is 0.351. The molecule has 23 heavy (non-hydrogen) atoms. The molecule has 0 saturated carbocycles. The largest absolute Gasteiger partial charge is 0.300 e. The number of hydrogen-bond acceptors (Lipinski definition) is 2.